The van der Waals surface area contributed by atoms with Gasteiger partial charge < -0.3 is 20.7 Å². The molecular weight excluding hydrogens is 232 g/mol. The molecule has 1 aromatic heterocycles. The Morgan fingerprint density at radius 2 is 1.56 bits per heavy atom. The third kappa shape index (κ3) is 2.07. The monoisotopic (exact) mass is 248 g/mol. The molecule has 96 valence electrons. The highest BCUT2D eigenvalue weighted by atomic mass is 16.3. The van der Waals surface area contributed by atoms with E-state index >= 15 is 0 Å². The summed E-state index contributed by atoms with van der Waals surface area (Å²) in [5.74, 6) is -1.12. The van der Waals surface area contributed by atoms with E-state index in [1.165, 1.54) is 6.07 Å². The molecule has 0 aliphatic heterocycles. The summed E-state index contributed by atoms with van der Waals surface area (Å²) in [6, 6.07) is 6.87. The van der Waals surface area contributed by atoms with Gasteiger partial charge in [0, 0.05) is 17.0 Å². The third-order valence-corrected chi connectivity index (χ3v) is 2.91. The average Bonchev–Trinajstić information content (AvgIpc) is 2.66. The first-order valence-corrected chi connectivity index (χ1v) is 5.62. The molecule has 0 radical (unpaired) electrons. The first kappa shape index (κ1) is 12.2. The Morgan fingerprint density at radius 3 is 2.17 bits per heavy atom. The second kappa shape index (κ2) is 4.52. The highest BCUT2D eigenvalue weighted by Crippen LogP contribution is 2.36. The Labute approximate surface area is 105 Å². The minimum atomic E-state index is -0.491. The van der Waals surface area contributed by atoms with E-state index < -0.39 is 5.75 Å². The first-order chi connectivity index (χ1) is 8.50. The Hall–Kier alpha value is -2.30. The number of hydrogen-bond acceptors (Lipinski definition) is 4. The van der Waals surface area contributed by atoms with Gasteiger partial charge >= 0.3 is 0 Å². The van der Waals surface area contributed by atoms with Crippen LogP contribution in [0.25, 0.3) is 0 Å². The summed E-state index contributed by atoms with van der Waals surface area (Å²) >= 11 is 0. The van der Waals surface area contributed by atoms with E-state index in [2.05, 4.69) is 5.43 Å². The van der Waals surface area contributed by atoms with E-state index in [4.69, 9.17) is 0 Å². The Morgan fingerprint density at radius 1 is 0.944 bits per heavy atom. The number of benzene rings is 1. The van der Waals surface area contributed by atoms with Gasteiger partial charge in [-0.15, -0.1) is 0 Å². The molecule has 5 nitrogen and oxygen atoms in total. The summed E-state index contributed by atoms with van der Waals surface area (Å²) in [6.45, 7) is 4.28. The largest absolute Gasteiger partial charge is 0.504 e. The summed E-state index contributed by atoms with van der Waals surface area (Å²) in [4.78, 5) is 0. The number of hydrogen-bond donors (Lipinski definition) is 4. The molecule has 1 aromatic carbocycles. The lowest BCUT2D eigenvalue weighted by Gasteiger charge is -2.14. The van der Waals surface area contributed by atoms with E-state index in [0.29, 0.717) is 12.1 Å². The van der Waals surface area contributed by atoms with E-state index in [0.717, 1.165) is 11.4 Å². The van der Waals surface area contributed by atoms with E-state index in [1.54, 1.807) is 6.07 Å². The lowest BCUT2D eigenvalue weighted by atomic mass is 10.2. The van der Waals surface area contributed by atoms with Crippen LogP contribution in [-0.2, 0) is 6.54 Å². The maximum atomic E-state index is 9.69. The van der Waals surface area contributed by atoms with Gasteiger partial charge in [-0.3, -0.25) is 4.68 Å². The molecule has 5 heteroatoms. The van der Waals surface area contributed by atoms with Gasteiger partial charge in [0.1, 0.15) is 0 Å². The first-order valence-electron chi connectivity index (χ1n) is 5.62. The maximum Gasteiger partial charge on any atom is 0.200 e. The zero-order chi connectivity index (χ0) is 13.3. The van der Waals surface area contributed by atoms with Crippen LogP contribution in [0, 0.1) is 13.8 Å². The van der Waals surface area contributed by atoms with Gasteiger partial charge in [0.15, 0.2) is 11.5 Å². The number of aromatic nitrogens is 1. The maximum absolute atomic E-state index is 9.69. The molecule has 2 aromatic rings. The molecule has 0 atom stereocenters. The molecule has 0 saturated carbocycles. The van der Waals surface area contributed by atoms with E-state index in [1.807, 2.05) is 30.7 Å². The van der Waals surface area contributed by atoms with Crippen molar-refractivity contribution in [1.82, 2.24) is 4.68 Å². The molecule has 0 fully saturated rings. The van der Waals surface area contributed by atoms with Crippen molar-refractivity contribution in [2.45, 2.75) is 20.4 Å². The third-order valence-electron chi connectivity index (χ3n) is 2.91. The van der Waals surface area contributed by atoms with Crippen molar-refractivity contribution in [2.75, 3.05) is 5.43 Å². The molecule has 4 N–H and O–H groups in total. The number of nitrogens with one attached hydrogen (secondary N) is 1. The van der Waals surface area contributed by atoms with Crippen molar-refractivity contribution in [3.8, 4) is 17.2 Å². The number of phenolic OH excluding ortho intramolecular Hbond substituents is 3. The number of nitrogens with zero attached hydrogens (tertiary/aromatic N) is 1. The molecule has 0 amide bonds. The van der Waals surface area contributed by atoms with Gasteiger partial charge in [-0.1, -0.05) is 0 Å². The lowest BCUT2D eigenvalue weighted by molar-refractivity contribution is 0.365. The molecule has 0 spiro atoms. The summed E-state index contributed by atoms with van der Waals surface area (Å²) in [5, 5.41) is 28.3. The van der Waals surface area contributed by atoms with Crippen LogP contribution < -0.4 is 5.43 Å². The van der Waals surface area contributed by atoms with Crippen LogP contribution >= 0.6 is 0 Å². The van der Waals surface area contributed by atoms with Crippen molar-refractivity contribution in [3.63, 3.8) is 0 Å². The molecule has 0 aliphatic rings. The summed E-state index contributed by atoms with van der Waals surface area (Å²) < 4.78 is 1.89. The standard InChI is InChI=1S/C13H16N2O3/c1-8-3-4-9(2)15(8)14-7-10-5-6-11(16)13(18)12(10)17/h3-6,14,16-18H,7H2,1-2H3. The van der Waals surface area contributed by atoms with Crippen LogP contribution in [-0.4, -0.2) is 20.0 Å². The van der Waals surface area contributed by atoms with E-state index in [-0.39, 0.29) is 11.5 Å². The van der Waals surface area contributed by atoms with Crippen molar-refractivity contribution < 1.29 is 15.3 Å². The van der Waals surface area contributed by atoms with Crippen LogP contribution in [0.1, 0.15) is 17.0 Å². The van der Waals surface area contributed by atoms with Gasteiger partial charge in [0.25, 0.3) is 0 Å². The zero-order valence-corrected chi connectivity index (χ0v) is 10.3. The van der Waals surface area contributed by atoms with Gasteiger partial charge in [-0.25, -0.2) is 0 Å². The van der Waals surface area contributed by atoms with Crippen LogP contribution in [0.15, 0.2) is 24.3 Å². The number of rotatable bonds is 3. The van der Waals surface area contributed by atoms with Crippen molar-refractivity contribution >= 4 is 0 Å². The van der Waals surface area contributed by atoms with Crippen LogP contribution in [0.5, 0.6) is 17.2 Å². The number of phenols is 3. The topological polar surface area (TPSA) is 77.7 Å². The Kier molecular flexibility index (Phi) is 3.06. The van der Waals surface area contributed by atoms with Gasteiger partial charge in [0.05, 0.1) is 6.54 Å². The highest BCUT2D eigenvalue weighted by molar-refractivity contribution is 5.53. The van der Waals surface area contributed by atoms with E-state index in [9.17, 15) is 15.3 Å². The molecule has 0 unspecified atom stereocenters. The smallest absolute Gasteiger partial charge is 0.200 e. The quantitative estimate of drug-likeness (QED) is 0.626. The Bertz CT molecular complexity index is 556. The molecule has 18 heavy (non-hydrogen) atoms. The summed E-state index contributed by atoms with van der Waals surface area (Å²) in [7, 11) is 0. The fourth-order valence-corrected chi connectivity index (χ4v) is 1.84. The normalized spacial score (nSPS) is 10.6. The lowest BCUT2D eigenvalue weighted by Crippen LogP contribution is -2.16. The fraction of sp³-hybridized carbons (Fsp3) is 0.231. The number of aromatic hydroxyl groups is 3. The van der Waals surface area contributed by atoms with Crippen molar-refractivity contribution in [3.05, 3.63) is 41.2 Å². The molecule has 0 saturated heterocycles. The molecule has 2 rings (SSSR count). The van der Waals surface area contributed by atoms with Gasteiger partial charge in [-0.05, 0) is 38.1 Å². The van der Waals surface area contributed by atoms with Crippen LogP contribution in [0.3, 0.4) is 0 Å². The second-order valence-corrected chi connectivity index (χ2v) is 4.23. The molecular formula is C13H16N2O3. The minimum absolute atomic E-state index is 0.301. The number of aryl methyl sites for hydroxylation is 2. The highest BCUT2D eigenvalue weighted by Gasteiger charge is 2.11. The minimum Gasteiger partial charge on any atom is -0.504 e. The molecule has 0 bridgehead atoms. The van der Waals surface area contributed by atoms with Crippen LogP contribution in [0.2, 0.25) is 0 Å². The predicted molar refractivity (Wildman–Crippen MR) is 68.4 cm³/mol. The SMILES string of the molecule is Cc1ccc(C)n1NCc1ccc(O)c(O)c1O. The zero-order valence-electron chi connectivity index (χ0n) is 10.3. The van der Waals surface area contributed by atoms with Crippen molar-refractivity contribution in [2.24, 2.45) is 0 Å². The molecule has 0 aliphatic carbocycles. The van der Waals surface area contributed by atoms with Crippen molar-refractivity contribution in [1.29, 1.82) is 0 Å². The van der Waals surface area contributed by atoms with Crippen LogP contribution in [0.4, 0.5) is 0 Å². The second-order valence-electron chi connectivity index (χ2n) is 4.23. The van der Waals surface area contributed by atoms with Gasteiger partial charge in [0.2, 0.25) is 5.75 Å². The fourth-order valence-electron chi connectivity index (χ4n) is 1.84. The molecule has 1 heterocycles. The summed E-state index contributed by atoms with van der Waals surface area (Å²) in [5.41, 5.74) is 5.74. The van der Waals surface area contributed by atoms with Gasteiger partial charge in [-0.2, -0.15) is 0 Å². The average molecular weight is 248 g/mol. The Balaban J connectivity index is 2.19. The predicted octanol–water partition coefficient (Wildman–Crippen LogP) is 1.97. The summed E-state index contributed by atoms with van der Waals surface area (Å²) in [6.07, 6.45) is 0.